The Morgan fingerprint density at radius 3 is 3.12 bits per heavy atom. The first-order valence-corrected chi connectivity index (χ1v) is 5.78. The normalized spacial score (nSPS) is 22.6. The molecule has 1 aliphatic carbocycles. The zero-order valence-electron chi connectivity index (χ0n) is 9.32. The summed E-state index contributed by atoms with van der Waals surface area (Å²) in [6.45, 7) is 2.18. The van der Waals surface area contributed by atoms with Gasteiger partial charge in [-0.2, -0.15) is 0 Å². The van der Waals surface area contributed by atoms with E-state index in [2.05, 4.69) is 26.9 Å². The molecule has 0 amide bonds. The van der Waals surface area contributed by atoms with Crippen LogP contribution in [0.2, 0.25) is 0 Å². The molecule has 0 radical (unpaired) electrons. The molecule has 0 atom stereocenters. The van der Waals surface area contributed by atoms with Crippen molar-refractivity contribution in [2.75, 3.05) is 13.6 Å². The van der Waals surface area contributed by atoms with Crippen molar-refractivity contribution in [1.29, 1.82) is 0 Å². The van der Waals surface area contributed by atoms with Gasteiger partial charge in [-0.3, -0.25) is 4.90 Å². The molecule has 0 unspecified atom stereocenters. The highest BCUT2D eigenvalue weighted by molar-refractivity contribution is 5.82. The molecular formula is C12H14N4. The van der Waals surface area contributed by atoms with Crippen LogP contribution in [0.5, 0.6) is 0 Å². The summed E-state index contributed by atoms with van der Waals surface area (Å²) in [5, 5.41) is 0. The molecule has 2 aromatic heterocycles. The van der Waals surface area contributed by atoms with Crippen LogP contribution in [0.1, 0.15) is 24.1 Å². The Balaban J connectivity index is 2.05. The smallest absolute Gasteiger partial charge is 0.116 e. The molecule has 1 spiro atoms. The Hall–Kier alpha value is -1.42. The summed E-state index contributed by atoms with van der Waals surface area (Å²) in [4.78, 5) is 14.4. The maximum Gasteiger partial charge on any atom is 0.116 e. The second-order valence-electron chi connectivity index (χ2n) is 5.22. The summed E-state index contributed by atoms with van der Waals surface area (Å²) in [5.74, 6) is 0. The molecule has 82 valence electrons. The van der Waals surface area contributed by atoms with Gasteiger partial charge in [0.25, 0.3) is 0 Å². The molecule has 4 nitrogen and oxygen atoms in total. The number of likely N-dealkylation sites (N-methyl/N-ethyl adjacent to an activating group) is 1. The predicted molar refractivity (Wildman–Crippen MR) is 61.1 cm³/mol. The maximum atomic E-state index is 4.45. The number of aromatic nitrogens is 3. The van der Waals surface area contributed by atoms with Crippen molar-refractivity contribution in [1.82, 2.24) is 19.9 Å². The van der Waals surface area contributed by atoms with Crippen LogP contribution in [-0.4, -0.2) is 33.4 Å². The minimum atomic E-state index is 0.398. The minimum absolute atomic E-state index is 0.398. The number of rotatable bonds is 0. The lowest BCUT2D eigenvalue weighted by atomic mass is 9.91. The fourth-order valence-corrected chi connectivity index (χ4v) is 3.16. The highest BCUT2D eigenvalue weighted by Crippen LogP contribution is 2.53. The van der Waals surface area contributed by atoms with Gasteiger partial charge >= 0.3 is 0 Å². The number of hydrogen-bond acceptors (Lipinski definition) is 3. The van der Waals surface area contributed by atoms with Crippen LogP contribution in [0, 0.1) is 0 Å². The van der Waals surface area contributed by atoms with Crippen LogP contribution in [0.4, 0.5) is 0 Å². The van der Waals surface area contributed by atoms with Crippen LogP contribution >= 0.6 is 0 Å². The monoisotopic (exact) mass is 214 g/mol. The van der Waals surface area contributed by atoms with Crippen LogP contribution < -0.4 is 0 Å². The number of nitrogens with zero attached hydrogens (tertiary/aromatic N) is 3. The molecule has 1 fully saturated rings. The van der Waals surface area contributed by atoms with E-state index in [9.17, 15) is 0 Å². The summed E-state index contributed by atoms with van der Waals surface area (Å²) in [6.07, 6.45) is 6.16. The van der Waals surface area contributed by atoms with Crippen molar-refractivity contribution in [3.05, 3.63) is 23.8 Å². The van der Waals surface area contributed by atoms with Gasteiger partial charge in [-0.25, -0.2) is 9.97 Å². The highest BCUT2D eigenvalue weighted by atomic mass is 15.1. The van der Waals surface area contributed by atoms with Gasteiger partial charge in [0.2, 0.25) is 0 Å². The highest BCUT2D eigenvalue weighted by Gasteiger charge is 2.50. The van der Waals surface area contributed by atoms with E-state index in [1.54, 1.807) is 6.33 Å². The zero-order valence-corrected chi connectivity index (χ0v) is 9.32. The zero-order chi connectivity index (χ0) is 10.8. The van der Waals surface area contributed by atoms with Gasteiger partial charge in [-0.15, -0.1) is 0 Å². The van der Waals surface area contributed by atoms with Crippen molar-refractivity contribution in [2.45, 2.75) is 24.8 Å². The molecule has 16 heavy (non-hydrogen) atoms. The Labute approximate surface area is 93.7 Å². The predicted octanol–water partition coefficient (Wildman–Crippen LogP) is 1.43. The summed E-state index contributed by atoms with van der Waals surface area (Å²) in [7, 11) is 2.19. The van der Waals surface area contributed by atoms with Gasteiger partial charge < -0.3 is 4.98 Å². The maximum absolute atomic E-state index is 4.45. The van der Waals surface area contributed by atoms with E-state index >= 15 is 0 Å². The molecule has 0 bridgehead atoms. The Bertz CT molecular complexity index is 567. The molecule has 0 saturated heterocycles. The molecule has 2 aromatic rings. The minimum Gasteiger partial charge on any atom is -0.354 e. The summed E-state index contributed by atoms with van der Waals surface area (Å²) in [6, 6.07) is 0. The van der Waals surface area contributed by atoms with E-state index in [0.29, 0.717) is 5.41 Å². The fourth-order valence-electron chi connectivity index (χ4n) is 3.16. The van der Waals surface area contributed by atoms with Gasteiger partial charge in [-0.1, -0.05) is 0 Å². The fraction of sp³-hybridized carbons (Fsp3) is 0.500. The van der Waals surface area contributed by atoms with E-state index < -0.39 is 0 Å². The second kappa shape index (κ2) is 2.63. The van der Waals surface area contributed by atoms with Gasteiger partial charge in [0.1, 0.15) is 6.33 Å². The van der Waals surface area contributed by atoms with Crippen molar-refractivity contribution < 1.29 is 0 Å². The molecular weight excluding hydrogens is 200 g/mol. The number of fused-ring (bicyclic) bond motifs is 4. The van der Waals surface area contributed by atoms with Gasteiger partial charge in [0, 0.05) is 29.8 Å². The number of hydrogen-bond donors (Lipinski definition) is 1. The van der Waals surface area contributed by atoms with E-state index in [1.807, 2.05) is 6.20 Å². The van der Waals surface area contributed by atoms with Crippen LogP contribution in [0.15, 0.2) is 12.5 Å². The van der Waals surface area contributed by atoms with Gasteiger partial charge in [0.05, 0.1) is 17.2 Å². The molecule has 4 rings (SSSR count). The lowest BCUT2D eigenvalue weighted by Crippen LogP contribution is -2.34. The molecule has 1 saturated carbocycles. The number of aromatic amines is 1. The lowest BCUT2D eigenvalue weighted by Gasteiger charge is -2.30. The van der Waals surface area contributed by atoms with E-state index in [0.717, 1.165) is 17.6 Å². The SMILES string of the molecule is CN1Cc2[nH]c3cncnc3c2C2(CC2)C1. The Morgan fingerprint density at radius 2 is 2.31 bits per heavy atom. The topological polar surface area (TPSA) is 44.8 Å². The first-order chi connectivity index (χ1) is 7.78. The van der Waals surface area contributed by atoms with Crippen molar-refractivity contribution in [3.63, 3.8) is 0 Å². The first-order valence-electron chi connectivity index (χ1n) is 5.78. The third-order valence-electron chi connectivity index (χ3n) is 3.92. The van der Waals surface area contributed by atoms with Crippen molar-refractivity contribution in [3.8, 4) is 0 Å². The molecule has 1 N–H and O–H groups in total. The molecule has 1 aliphatic heterocycles. The molecule has 4 heteroatoms. The van der Waals surface area contributed by atoms with E-state index in [1.165, 1.54) is 30.6 Å². The second-order valence-corrected chi connectivity index (χ2v) is 5.22. The van der Waals surface area contributed by atoms with E-state index in [4.69, 9.17) is 0 Å². The van der Waals surface area contributed by atoms with Crippen LogP contribution in [0.3, 0.4) is 0 Å². The third-order valence-corrected chi connectivity index (χ3v) is 3.92. The van der Waals surface area contributed by atoms with Crippen LogP contribution in [0.25, 0.3) is 11.0 Å². The summed E-state index contributed by atoms with van der Waals surface area (Å²) >= 11 is 0. The third kappa shape index (κ3) is 0.976. The molecule has 0 aromatic carbocycles. The number of H-pyrrole nitrogens is 1. The standard InChI is InChI=1S/C12H14N4/c1-16-5-9-10(12(6-16)2-3-12)11-8(15-9)4-13-7-14-11/h4,7,15H,2-3,5-6H2,1H3. The lowest BCUT2D eigenvalue weighted by molar-refractivity contribution is 0.269. The summed E-state index contributed by atoms with van der Waals surface area (Å²) in [5.41, 5.74) is 5.46. The largest absolute Gasteiger partial charge is 0.354 e. The average molecular weight is 214 g/mol. The molecule has 2 aliphatic rings. The summed E-state index contributed by atoms with van der Waals surface area (Å²) < 4.78 is 0. The van der Waals surface area contributed by atoms with Gasteiger partial charge in [0.15, 0.2) is 0 Å². The van der Waals surface area contributed by atoms with Gasteiger partial charge in [-0.05, 0) is 19.9 Å². The average Bonchev–Trinajstić information content (AvgIpc) is 2.91. The Morgan fingerprint density at radius 1 is 1.44 bits per heavy atom. The quantitative estimate of drug-likeness (QED) is 0.721. The Kier molecular flexibility index (Phi) is 1.43. The first kappa shape index (κ1) is 8.70. The van der Waals surface area contributed by atoms with Crippen molar-refractivity contribution in [2.24, 2.45) is 0 Å². The van der Waals surface area contributed by atoms with E-state index in [-0.39, 0.29) is 0 Å². The van der Waals surface area contributed by atoms with Crippen LogP contribution in [-0.2, 0) is 12.0 Å². The molecule has 3 heterocycles. The number of nitrogens with one attached hydrogen (secondary N) is 1. The van der Waals surface area contributed by atoms with Crippen molar-refractivity contribution >= 4 is 11.0 Å².